The Morgan fingerprint density at radius 3 is 2.75 bits per heavy atom. The number of imidazole rings is 1. The van der Waals surface area contributed by atoms with Crippen molar-refractivity contribution in [2.75, 3.05) is 13.0 Å². The van der Waals surface area contributed by atoms with Gasteiger partial charge in [0, 0.05) is 39.4 Å². The zero-order chi connectivity index (χ0) is 16.8. The lowest BCUT2D eigenvalue weighted by atomic mass is 10.0. The number of hydrogen-bond donors (Lipinski definition) is 0. The van der Waals surface area contributed by atoms with Gasteiger partial charge in [-0.15, -0.1) is 11.6 Å². The third kappa shape index (κ3) is 2.28. The Kier molecular flexibility index (Phi) is 3.89. The van der Waals surface area contributed by atoms with Gasteiger partial charge in [-0.3, -0.25) is 4.40 Å². The molecule has 0 saturated heterocycles. The van der Waals surface area contributed by atoms with Crippen molar-refractivity contribution in [3.05, 3.63) is 52.3 Å². The van der Waals surface area contributed by atoms with Gasteiger partial charge in [0.25, 0.3) is 0 Å². The second-order valence-corrected chi connectivity index (χ2v) is 7.13. The molecular weight excluding hydrogens is 388 g/mol. The van der Waals surface area contributed by atoms with Crippen LogP contribution in [0.4, 0.5) is 0 Å². The monoisotopic (exact) mass is 402 g/mol. The van der Waals surface area contributed by atoms with E-state index in [9.17, 15) is 0 Å². The third-order valence-corrected chi connectivity index (χ3v) is 5.17. The molecule has 3 nitrogen and oxygen atoms in total. The van der Waals surface area contributed by atoms with Crippen LogP contribution in [0.15, 0.2) is 41.0 Å². The topological polar surface area (TPSA) is 26.5 Å². The summed E-state index contributed by atoms with van der Waals surface area (Å²) in [6.45, 7) is 2.11. The van der Waals surface area contributed by atoms with Gasteiger partial charge in [-0.2, -0.15) is 0 Å². The number of halogens is 2. The number of aryl methyl sites for hydroxylation is 2. The summed E-state index contributed by atoms with van der Waals surface area (Å²) in [4.78, 5) is 4.68. The molecule has 0 fully saturated rings. The average Bonchev–Trinajstić information content (AvgIpc) is 2.98. The number of aromatic nitrogens is 2. The van der Waals surface area contributed by atoms with Gasteiger partial charge in [0.1, 0.15) is 11.4 Å². The van der Waals surface area contributed by atoms with E-state index in [2.05, 4.69) is 56.5 Å². The Morgan fingerprint density at radius 1 is 1.17 bits per heavy atom. The lowest BCUT2D eigenvalue weighted by Gasteiger charge is -2.13. The molecule has 0 radical (unpaired) electrons. The molecule has 0 aliphatic heterocycles. The van der Waals surface area contributed by atoms with Gasteiger partial charge in [0.15, 0.2) is 0 Å². The first-order chi connectivity index (χ1) is 11.6. The quantitative estimate of drug-likeness (QED) is 0.333. The summed E-state index contributed by atoms with van der Waals surface area (Å²) in [5.41, 5.74) is 4.39. The van der Waals surface area contributed by atoms with Crippen LogP contribution in [0.1, 0.15) is 11.3 Å². The summed E-state index contributed by atoms with van der Waals surface area (Å²) in [6, 6.07) is 10.5. The molecule has 0 amide bonds. The maximum absolute atomic E-state index is 6.00. The van der Waals surface area contributed by atoms with Crippen molar-refractivity contribution in [3.63, 3.8) is 0 Å². The summed E-state index contributed by atoms with van der Waals surface area (Å²) in [5, 5.41) is 3.45. The molecule has 0 saturated carbocycles. The highest BCUT2D eigenvalue weighted by atomic mass is 79.9. The van der Waals surface area contributed by atoms with Crippen molar-refractivity contribution in [1.29, 1.82) is 0 Å². The summed E-state index contributed by atoms with van der Waals surface area (Å²) in [6.07, 6.45) is 2.69. The fourth-order valence-electron chi connectivity index (χ4n) is 3.34. The maximum atomic E-state index is 6.00. The van der Waals surface area contributed by atoms with E-state index in [1.54, 1.807) is 7.11 Å². The van der Waals surface area contributed by atoms with Crippen LogP contribution in [-0.4, -0.2) is 22.4 Å². The largest absolute Gasteiger partial charge is 0.497 e. The molecule has 5 heteroatoms. The predicted octanol–water partition coefficient (Wildman–Crippen LogP) is 5.50. The van der Waals surface area contributed by atoms with Crippen LogP contribution in [0.25, 0.3) is 27.3 Å². The van der Waals surface area contributed by atoms with Gasteiger partial charge in [-0.25, -0.2) is 4.98 Å². The first kappa shape index (κ1) is 15.7. The van der Waals surface area contributed by atoms with Crippen molar-refractivity contribution in [2.45, 2.75) is 13.3 Å². The van der Waals surface area contributed by atoms with E-state index in [0.29, 0.717) is 5.88 Å². The number of methoxy groups -OCH3 is 1. The van der Waals surface area contributed by atoms with E-state index in [-0.39, 0.29) is 0 Å². The second kappa shape index (κ2) is 5.94. The normalized spacial score (nSPS) is 11.7. The van der Waals surface area contributed by atoms with E-state index < -0.39 is 0 Å². The Labute approximate surface area is 153 Å². The van der Waals surface area contributed by atoms with Crippen molar-refractivity contribution in [2.24, 2.45) is 0 Å². The standard InChI is InChI=1S/C19H16BrClN2O/c1-11-7-15-14-4-3-13(24-2)9-16(14)19-22-10-12(5-6-21)23(19)18(15)17(20)8-11/h3-4,7-10H,5-6H2,1-2H3. The van der Waals surface area contributed by atoms with E-state index in [4.69, 9.17) is 16.3 Å². The van der Waals surface area contributed by atoms with Crippen molar-refractivity contribution in [1.82, 2.24) is 9.38 Å². The number of hydrogen-bond acceptors (Lipinski definition) is 2. The molecular formula is C19H16BrClN2O. The Morgan fingerprint density at radius 2 is 2.00 bits per heavy atom. The minimum atomic E-state index is 0.564. The first-order valence-electron chi connectivity index (χ1n) is 7.76. The third-order valence-electron chi connectivity index (χ3n) is 4.37. The number of ether oxygens (including phenoxy) is 1. The van der Waals surface area contributed by atoms with Crippen LogP contribution in [0.5, 0.6) is 5.75 Å². The van der Waals surface area contributed by atoms with Gasteiger partial charge in [0.2, 0.25) is 0 Å². The lowest BCUT2D eigenvalue weighted by molar-refractivity contribution is 0.415. The van der Waals surface area contributed by atoms with Gasteiger partial charge >= 0.3 is 0 Å². The average molecular weight is 404 g/mol. The van der Waals surface area contributed by atoms with Gasteiger partial charge in [-0.1, -0.05) is 0 Å². The summed E-state index contributed by atoms with van der Waals surface area (Å²) >= 11 is 9.75. The predicted molar refractivity (Wildman–Crippen MR) is 104 cm³/mol. The zero-order valence-corrected chi connectivity index (χ0v) is 15.8. The molecule has 4 rings (SSSR count). The van der Waals surface area contributed by atoms with E-state index in [1.165, 1.54) is 16.3 Å². The number of alkyl halides is 1. The van der Waals surface area contributed by atoms with E-state index in [0.717, 1.165) is 38.9 Å². The number of benzene rings is 2. The van der Waals surface area contributed by atoms with E-state index in [1.807, 2.05) is 12.3 Å². The molecule has 0 bridgehead atoms. The van der Waals surface area contributed by atoms with Gasteiger partial charge in [-0.05, 0) is 64.1 Å². The van der Waals surface area contributed by atoms with Crippen molar-refractivity contribution in [3.8, 4) is 5.75 Å². The molecule has 0 unspecified atom stereocenters. The molecule has 122 valence electrons. The molecule has 2 heterocycles. The first-order valence-corrected chi connectivity index (χ1v) is 9.08. The summed E-state index contributed by atoms with van der Waals surface area (Å²) in [5.74, 6) is 1.40. The highest BCUT2D eigenvalue weighted by molar-refractivity contribution is 9.10. The van der Waals surface area contributed by atoms with Crippen LogP contribution in [0, 0.1) is 6.92 Å². The van der Waals surface area contributed by atoms with Crippen molar-refractivity contribution < 1.29 is 4.74 Å². The zero-order valence-electron chi connectivity index (χ0n) is 13.4. The number of pyridine rings is 1. The van der Waals surface area contributed by atoms with Gasteiger partial charge < -0.3 is 4.74 Å². The fourth-order valence-corrected chi connectivity index (χ4v) is 4.28. The molecule has 0 atom stereocenters. The Bertz CT molecular complexity index is 1090. The highest BCUT2D eigenvalue weighted by Crippen LogP contribution is 2.36. The van der Waals surface area contributed by atoms with Crippen LogP contribution in [-0.2, 0) is 6.42 Å². The lowest BCUT2D eigenvalue weighted by Crippen LogP contribution is -1.99. The molecule has 4 aromatic rings. The molecule has 0 N–H and O–H groups in total. The molecule has 2 aromatic heterocycles. The number of fused-ring (bicyclic) bond motifs is 6. The molecule has 0 spiro atoms. The smallest absolute Gasteiger partial charge is 0.145 e. The van der Waals surface area contributed by atoms with Crippen LogP contribution in [0.3, 0.4) is 0 Å². The summed E-state index contributed by atoms with van der Waals surface area (Å²) in [7, 11) is 1.69. The highest BCUT2D eigenvalue weighted by Gasteiger charge is 2.16. The molecule has 24 heavy (non-hydrogen) atoms. The minimum Gasteiger partial charge on any atom is -0.497 e. The number of rotatable bonds is 3. The maximum Gasteiger partial charge on any atom is 0.145 e. The molecule has 0 aliphatic rings. The van der Waals surface area contributed by atoms with E-state index >= 15 is 0 Å². The Hall–Kier alpha value is -1.78. The minimum absolute atomic E-state index is 0.564. The van der Waals surface area contributed by atoms with Crippen molar-refractivity contribution >= 4 is 54.9 Å². The van der Waals surface area contributed by atoms with Crippen LogP contribution >= 0.6 is 27.5 Å². The number of nitrogens with zero attached hydrogens (tertiary/aromatic N) is 2. The molecule has 0 aliphatic carbocycles. The SMILES string of the molecule is COc1ccc2c(c1)c1ncc(CCCl)n1c1c(Br)cc(C)cc21. The second-order valence-electron chi connectivity index (χ2n) is 5.90. The fraction of sp³-hybridized carbons (Fsp3) is 0.211. The summed E-state index contributed by atoms with van der Waals surface area (Å²) < 4.78 is 8.69. The van der Waals surface area contributed by atoms with Gasteiger partial charge in [0.05, 0.1) is 12.6 Å². The Balaban J connectivity index is 2.30. The van der Waals surface area contributed by atoms with Crippen LogP contribution < -0.4 is 4.74 Å². The molecule has 2 aromatic carbocycles. The van der Waals surface area contributed by atoms with Crippen LogP contribution in [0.2, 0.25) is 0 Å².